The molecular weight excluding hydrogens is 613 g/mol. The van der Waals surface area contributed by atoms with Crippen molar-refractivity contribution in [2.45, 2.75) is 50.4 Å². The molecule has 0 aromatic heterocycles. The molecule has 2 aliphatic rings. The van der Waals surface area contributed by atoms with Crippen molar-refractivity contribution < 1.29 is 28.3 Å². The van der Waals surface area contributed by atoms with Crippen LogP contribution in [-0.4, -0.2) is 77.7 Å². The number of Topliss-reactive ketones (excluding diaryl/α,β-unsaturated/α-hetero) is 1. The smallest absolute Gasteiger partial charge is 0.407 e. The van der Waals surface area contributed by atoms with Crippen LogP contribution in [0.1, 0.15) is 48.3 Å². The molecule has 2 aliphatic heterocycles. The number of hydrogen-bond donors (Lipinski definition) is 2. The summed E-state index contributed by atoms with van der Waals surface area (Å²) < 4.78 is 18.5. The van der Waals surface area contributed by atoms with Crippen LogP contribution in [0.2, 0.25) is 0 Å². The predicted octanol–water partition coefficient (Wildman–Crippen LogP) is 5.22. The number of carbonyl (C=O) groups excluding carboxylic acids is 4. The Hall–Kier alpha value is -5.03. The van der Waals surface area contributed by atoms with Crippen molar-refractivity contribution in [2.24, 2.45) is 5.92 Å². The Bertz CT molecular complexity index is 1530. The number of benzene rings is 3. The van der Waals surface area contributed by atoms with Crippen molar-refractivity contribution in [3.8, 4) is 0 Å². The average molecular weight is 656 g/mol. The van der Waals surface area contributed by atoms with E-state index in [9.17, 15) is 23.6 Å². The quantitative estimate of drug-likeness (QED) is 0.205. The molecule has 2 saturated heterocycles. The summed E-state index contributed by atoms with van der Waals surface area (Å²) in [5, 5.41) is 8.72. The fraction of sp³-hybridized carbons (Fsp3) is 0.351. The number of likely N-dealkylation sites (N-methyl/N-ethyl adjacent to an activating group) is 1. The van der Waals surface area contributed by atoms with Gasteiger partial charge in [0.15, 0.2) is 5.78 Å². The molecule has 3 aromatic carbocycles. The molecule has 0 saturated carbocycles. The summed E-state index contributed by atoms with van der Waals surface area (Å²) in [5.74, 6) is -1.23. The lowest BCUT2D eigenvalue weighted by molar-refractivity contribution is -0.182. The summed E-state index contributed by atoms with van der Waals surface area (Å²) >= 11 is 0. The zero-order chi connectivity index (χ0) is 34.0. The van der Waals surface area contributed by atoms with E-state index in [-0.39, 0.29) is 56.1 Å². The van der Waals surface area contributed by atoms with Gasteiger partial charge in [-0.05, 0) is 54.5 Å². The number of ketones is 1. The van der Waals surface area contributed by atoms with E-state index in [1.54, 1.807) is 29.1 Å². The number of hydrogen-bond acceptors (Lipinski definition) is 6. The molecule has 10 nitrogen and oxygen atoms in total. The number of urea groups is 1. The highest BCUT2D eigenvalue weighted by molar-refractivity contribution is 5.93. The minimum atomic E-state index is -0.791. The third kappa shape index (κ3) is 8.27. The van der Waals surface area contributed by atoms with Gasteiger partial charge in [0.1, 0.15) is 18.6 Å². The normalized spacial score (nSPS) is 19.5. The van der Waals surface area contributed by atoms with Gasteiger partial charge >= 0.3 is 12.1 Å². The first-order valence-electron chi connectivity index (χ1n) is 16.3. The van der Waals surface area contributed by atoms with Crippen LogP contribution in [0, 0.1) is 11.7 Å². The van der Waals surface area contributed by atoms with Crippen molar-refractivity contribution in [2.75, 3.05) is 26.7 Å². The number of amides is 4. The summed E-state index contributed by atoms with van der Waals surface area (Å²) in [4.78, 5) is 55.4. The lowest BCUT2D eigenvalue weighted by Crippen LogP contribution is -2.72. The van der Waals surface area contributed by atoms with E-state index < -0.39 is 30.2 Å². The topological polar surface area (TPSA) is 111 Å². The fourth-order valence-electron chi connectivity index (χ4n) is 6.68. The number of rotatable bonds is 12. The summed E-state index contributed by atoms with van der Waals surface area (Å²) in [6.07, 6.45) is 1.63. The molecule has 3 atom stereocenters. The fourth-order valence-corrected chi connectivity index (χ4v) is 6.68. The average Bonchev–Trinajstić information content (AvgIpc) is 3.09. The Morgan fingerprint density at radius 3 is 2.25 bits per heavy atom. The number of ether oxygens (including phenoxy) is 1. The number of fused-ring (bicyclic) bond motifs is 1. The number of nitrogens with one attached hydrogen (secondary N) is 2. The third-order valence-corrected chi connectivity index (χ3v) is 8.93. The number of piperidine rings is 1. The maximum absolute atomic E-state index is 14.4. The van der Waals surface area contributed by atoms with Crippen LogP contribution in [-0.2, 0) is 20.9 Å². The van der Waals surface area contributed by atoms with Crippen LogP contribution in [0.25, 0.3) is 0 Å². The van der Waals surface area contributed by atoms with Crippen molar-refractivity contribution >= 4 is 23.8 Å². The lowest BCUT2D eigenvalue weighted by Gasteiger charge is -2.54. The standard InChI is InChI=1S/C37H42FN5O5/c1-3-21-48-37(47)39-20-10-15-32-35(45)29(22-31(27-11-6-4-7-12-27)28-13-8-5-9-14-28)23-33-42(32)34(44)25-41(2)43(33)36(46)40-24-26-16-18-30(38)19-17-26/h3-9,11-14,16-19,29,31-33H,1,10,15,20-25H2,2H3,(H,39,47)(H,40,46)/t29?,32-,33-/m0/s1. The molecule has 11 heteroatoms. The molecule has 252 valence electrons. The van der Waals surface area contributed by atoms with Gasteiger partial charge in [-0.3, -0.25) is 9.59 Å². The number of carbonyl (C=O) groups is 4. The van der Waals surface area contributed by atoms with Crippen LogP contribution in [0.3, 0.4) is 0 Å². The highest BCUT2D eigenvalue weighted by Gasteiger charge is 2.51. The van der Waals surface area contributed by atoms with Gasteiger partial charge in [0.2, 0.25) is 5.91 Å². The summed E-state index contributed by atoms with van der Waals surface area (Å²) in [6.45, 7) is 3.93. The van der Waals surface area contributed by atoms with Crippen LogP contribution in [0.4, 0.5) is 14.0 Å². The largest absolute Gasteiger partial charge is 0.445 e. The van der Waals surface area contributed by atoms with Gasteiger partial charge in [0, 0.05) is 32.0 Å². The van der Waals surface area contributed by atoms with Crippen molar-refractivity contribution in [1.82, 2.24) is 25.6 Å². The second-order valence-corrected chi connectivity index (χ2v) is 12.1. The molecular formula is C37H42FN5O5. The summed E-state index contributed by atoms with van der Waals surface area (Å²) in [5.41, 5.74) is 2.87. The first-order valence-corrected chi connectivity index (χ1v) is 16.3. The number of nitrogens with zero attached hydrogens (tertiary/aromatic N) is 3. The predicted molar refractivity (Wildman–Crippen MR) is 179 cm³/mol. The molecule has 0 bridgehead atoms. The van der Waals surface area contributed by atoms with E-state index in [1.165, 1.54) is 23.2 Å². The van der Waals surface area contributed by atoms with Crippen LogP contribution in [0.5, 0.6) is 0 Å². The maximum Gasteiger partial charge on any atom is 0.407 e. The highest BCUT2D eigenvalue weighted by Crippen LogP contribution is 2.39. The number of alkyl carbamates (subject to hydrolysis) is 1. The van der Waals surface area contributed by atoms with E-state index in [1.807, 2.05) is 36.4 Å². The van der Waals surface area contributed by atoms with E-state index >= 15 is 0 Å². The van der Waals surface area contributed by atoms with Crippen LogP contribution in [0.15, 0.2) is 97.6 Å². The zero-order valence-electron chi connectivity index (χ0n) is 27.1. The lowest BCUT2D eigenvalue weighted by atomic mass is 9.76. The minimum absolute atomic E-state index is 0.0538. The monoisotopic (exact) mass is 655 g/mol. The molecule has 48 heavy (non-hydrogen) atoms. The molecule has 2 fully saturated rings. The Balaban J connectivity index is 1.42. The molecule has 4 amide bonds. The second kappa shape index (κ2) is 16.2. The maximum atomic E-state index is 14.4. The van der Waals surface area contributed by atoms with Gasteiger partial charge < -0.3 is 20.3 Å². The van der Waals surface area contributed by atoms with E-state index in [0.29, 0.717) is 19.3 Å². The minimum Gasteiger partial charge on any atom is -0.445 e. The number of halogens is 1. The summed E-state index contributed by atoms with van der Waals surface area (Å²) in [6, 6.07) is 24.7. The molecule has 2 N–H and O–H groups in total. The van der Waals surface area contributed by atoms with E-state index in [0.717, 1.165) is 16.7 Å². The van der Waals surface area contributed by atoms with Gasteiger partial charge in [0.25, 0.3) is 0 Å². The third-order valence-electron chi connectivity index (χ3n) is 8.93. The Kier molecular flexibility index (Phi) is 11.6. The molecule has 1 unspecified atom stereocenters. The van der Waals surface area contributed by atoms with Crippen LogP contribution >= 0.6 is 0 Å². The molecule has 0 radical (unpaired) electrons. The van der Waals surface area contributed by atoms with Gasteiger partial charge in [-0.1, -0.05) is 85.5 Å². The molecule has 5 rings (SSSR count). The van der Waals surface area contributed by atoms with Gasteiger partial charge in [0.05, 0.1) is 12.6 Å². The van der Waals surface area contributed by atoms with Crippen LogP contribution < -0.4 is 10.6 Å². The molecule has 3 aromatic rings. The first kappa shape index (κ1) is 34.3. The molecule has 2 heterocycles. The Morgan fingerprint density at radius 1 is 0.979 bits per heavy atom. The summed E-state index contributed by atoms with van der Waals surface area (Å²) in [7, 11) is 1.68. The SMILES string of the molecule is C=CCOC(=O)NCCC[C@H]1C(=O)C(CC(c2ccccc2)c2ccccc2)C[C@H]2N1C(=O)CN(C)N2C(=O)NCc1ccc(F)cc1. The second-order valence-electron chi connectivity index (χ2n) is 12.1. The first-order chi connectivity index (χ1) is 23.3. The zero-order valence-corrected chi connectivity index (χ0v) is 27.1. The van der Waals surface area contributed by atoms with Gasteiger partial charge in [-0.25, -0.2) is 24.0 Å². The van der Waals surface area contributed by atoms with Crippen molar-refractivity contribution in [1.29, 1.82) is 0 Å². The van der Waals surface area contributed by atoms with Gasteiger partial charge in [-0.15, -0.1) is 0 Å². The Morgan fingerprint density at radius 2 is 1.62 bits per heavy atom. The highest BCUT2D eigenvalue weighted by atomic mass is 19.1. The Labute approximate surface area is 280 Å². The van der Waals surface area contributed by atoms with Crippen molar-refractivity contribution in [3.05, 3.63) is 120 Å². The van der Waals surface area contributed by atoms with Gasteiger partial charge in [-0.2, -0.15) is 0 Å². The molecule has 0 aliphatic carbocycles. The van der Waals surface area contributed by atoms with E-state index in [4.69, 9.17) is 4.74 Å². The molecule has 0 spiro atoms. The van der Waals surface area contributed by atoms with E-state index in [2.05, 4.69) is 41.5 Å². The number of hydrazine groups is 1. The van der Waals surface area contributed by atoms with Crippen molar-refractivity contribution in [3.63, 3.8) is 0 Å².